The number of hydrogen-bond acceptors (Lipinski definition) is 4. The number of thiophene rings is 1. The van der Waals surface area contributed by atoms with Crippen molar-refractivity contribution in [2.45, 2.75) is 13.1 Å². The first-order chi connectivity index (χ1) is 11.3. The number of aryl methyl sites for hydroxylation is 1. The summed E-state index contributed by atoms with van der Waals surface area (Å²) in [5, 5.41) is 6.01. The van der Waals surface area contributed by atoms with Gasteiger partial charge in [-0.2, -0.15) is 13.2 Å². The summed E-state index contributed by atoms with van der Waals surface area (Å²) in [5.41, 5.74) is 0.381. The highest BCUT2D eigenvalue weighted by Crippen LogP contribution is 2.42. The van der Waals surface area contributed by atoms with Crippen molar-refractivity contribution < 1.29 is 22.5 Å². The molecule has 0 spiro atoms. The molecule has 0 aliphatic heterocycles. The van der Waals surface area contributed by atoms with Gasteiger partial charge in [0.2, 0.25) is 0 Å². The summed E-state index contributed by atoms with van der Waals surface area (Å²) in [5.74, 6) is -0.0286. The second kappa shape index (κ2) is 6.12. The lowest BCUT2D eigenvalue weighted by atomic mass is 10.1. The molecular formula is C16H11F3N2O2S. The Hall–Kier alpha value is -2.61. The molecule has 3 rings (SSSR count). The van der Waals surface area contributed by atoms with E-state index in [0.29, 0.717) is 22.7 Å². The fraction of sp³-hybridized carbons (Fsp3) is 0.125. The van der Waals surface area contributed by atoms with Crippen molar-refractivity contribution in [3.8, 4) is 11.1 Å². The minimum Gasteiger partial charge on any atom is -0.360 e. The number of aromatic nitrogens is 1. The first-order valence-electron chi connectivity index (χ1n) is 6.86. The molecule has 0 atom stereocenters. The maximum Gasteiger partial charge on any atom is 0.426 e. The molecule has 24 heavy (non-hydrogen) atoms. The number of amides is 1. The van der Waals surface area contributed by atoms with Crippen LogP contribution in [-0.2, 0) is 6.18 Å². The summed E-state index contributed by atoms with van der Waals surface area (Å²) in [7, 11) is 0. The lowest BCUT2D eigenvalue weighted by molar-refractivity contribution is -0.133. The highest BCUT2D eigenvalue weighted by Gasteiger charge is 2.37. The van der Waals surface area contributed by atoms with E-state index in [1.165, 1.54) is 12.1 Å². The summed E-state index contributed by atoms with van der Waals surface area (Å²) < 4.78 is 44.7. The van der Waals surface area contributed by atoms with Gasteiger partial charge in [0.1, 0.15) is 10.6 Å². The van der Waals surface area contributed by atoms with Gasteiger partial charge >= 0.3 is 6.18 Å². The molecule has 0 aliphatic rings. The molecule has 0 aliphatic carbocycles. The molecule has 0 radical (unpaired) electrons. The second-order valence-corrected chi connectivity index (χ2v) is 6.05. The van der Waals surface area contributed by atoms with Gasteiger partial charge in [0.15, 0.2) is 5.82 Å². The average molecular weight is 352 g/mol. The van der Waals surface area contributed by atoms with Gasteiger partial charge in [-0.25, -0.2) is 0 Å². The maximum absolute atomic E-state index is 13.3. The van der Waals surface area contributed by atoms with E-state index in [-0.39, 0.29) is 16.3 Å². The highest BCUT2D eigenvalue weighted by atomic mass is 32.1. The summed E-state index contributed by atoms with van der Waals surface area (Å²) >= 11 is 0.400. The molecule has 0 fully saturated rings. The Morgan fingerprint density at radius 3 is 2.50 bits per heavy atom. The Morgan fingerprint density at radius 2 is 1.92 bits per heavy atom. The zero-order valence-corrected chi connectivity index (χ0v) is 13.2. The van der Waals surface area contributed by atoms with Crippen LogP contribution in [0.5, 0.6) is 0 Å². The van der Waals surface area contributed by atoms with Gasteiger partial charge in [0.05, 0.1) is 4.88 Å². The van der Waals surface area contributed by atoms with E-state index in [4.69, 9.17) is 4.52 Å². The number of benzene rings is 1. The summed E-state index contributed by atoms with van der Waals surface area (Å²) in [6.45, 7) is 1.64. The number of hydrogen-bond donors (Lipinski definition) is 1. The van der Waals surface area contributed by atoms with E-state index < -0.39 is 17.0 Å². The number of nitrogens with one attached hydrogen (secondary N) is 1. The second-order valence-electron chi connectivity index (χ2n) is 4.99. The molecule has 1 aromatic carbocycles. The minimum absolute atomic E-state index is 0.0189. The smallest absolute Gasteiger partial charge is 0.360 e. The molecule has 0 saturated heterocycles. The first kappa shape index (κ1) is 16.3. The molecule has 124 valence electrons. The van der Waals surface area contributed by atoms with Crippen molar-refractivity contribution >= 4 is 23.1 Å². The summed E-state index contributed by atoms with van der Waals surface area (Å²) in [6.07, 6.45) is -4.54. The van der Waals surface area contributed by atoms with Gasteiger partial charge in [-0.05, 0) is 18.6 Å². The summed E-state index contributed by atoms with van der Waals surface area (Å²) in [6, 6.07) is 10.9. The molecule has 0 bridgehead atoms. The molecular weight excluding hydrogens is 341 g/mol. The van der Waals surface area contributed by atoms with E-state index in [1.807, 2.05) is 0 Å². The molecule has 3 aromatic rings. The third-order valence-electron chi connectivity index (χ3n) is 3.17. The zero-order valence-electron chi connectivity index (χ0n) is 12.3. The normalized spacial score (nSPS) is 11.5. The SMILES string of the molecule is Cc1cc(NC(=O)c2cc(-c3ccccc3)c(C(F)(F)F)s2)no1. The van der Waals surface area contributed by atoms with Gasteiger partial charge in [-0.1, -0.05) is 35.5 Å². The number of alkyl halides is 3. The number of rotatable bonds is 3. The predicted molar refractivity (Wildman–Crippen MR) is 84.0 cm³/mol. The van der Waals surface area contributed by atoms with E-state index in [1.54, 1.807) is 37.3 Å². The van der Waals surface area contributed by atoms with Crippen LogP contribution in [0, 0.1) is 6.92 Å². The average Bonchev–Trinajstić information content (AvgIpc) is 3.14. The molecule has 0 unspecified atom stereocenters. The van der Waals surface area contributed by atoms with Crippen LogP contribution in [0.4, 0.5) is 19.0 Å². The van der Waals surface area contributed by atoms with Crippen molar-refractivity contribution in [1.29, 1.82) is 0 Å². The lowest BCUT2D eigenvalue weighted by Gasteiger charge is -2.07. The topological polar surface area (TPSA) is 55.1 Å². The van der Waals surface area contributed by atoms with E-state index in [9.17, 15) is 18.0 Å². The van der Waals surface area contributed by atoms with Crippen LogP contribution in [0.25, 0.3) is 11.1 Å². The standard InChI is InChI=1S/C16H11F3N2O2S/c1-9-7-13(21-23-9)20-15(22)12-8-11(10-5-3-2-4-6-10)14(24-12)16(17,18)19/h2-8H,1H3,(H,20,21,22). The molecule has 2 aromatic heterocycles. The van der Waals surface area contributed by atoms with E-state index in [0.717, 1.165) is 0 Å². The van der Waals surface area contributed by atoms with Crippen molar-refractivity contribution in [3.05, 3.63) is 58.0 Å². The number of carbonyl (C=O) groups excluding carboxylic acids is 1. The monoisotopic (exact) mass is 352 g/mol. The minimum atomic E-state index is -4.54. The molecule has 8 heteroatoms. The van der Waals surface area contributed by atoms with Gasteiger partial charge in [0.25, 0.3) is 5.91 Å². The van der Waals surface area contributed by atoms with E-state index >= 15 is 0 Å². The number of carbonyl (C=O) groups is 1. The molecule has 1 N–H and O–H groups in total. The Kier molecular flexibility index (Phi) is 4.15. The van der Waals surface area contributed by atoms with Crippen molar-refractivity contribution in [3.63, 3.8) is 0 Å². The van der Waals surface area contributed by atoms with Gasteiger partial charge in [-0.3, -0.25) is 4.79 Å². The predicted octanol–water partition coefficient (Wildman–Crippen LogP) is 4.98. The molecule has 2 heterocycles. The van der Waals surface area contributed by atoms with Crippen molar-refractivity contribution in [2.75, 3.05) is 5.32 Å². The van der Waals surface area contributed by atoms with Crippen LogP contribution in [0.15, 0.2) is 47.0 Å². The maximum atomic E-state index is 13.3. The van der Waals surface area contributed by atoms with Crippen molar-refractivity contribution in [2.24, 2.45) is 0 Å². The fourth-order valence-corrected chi connectivity index (χ4v) is 3.09. The van der Waals surface area contributed by atoms with Gasteiger partial charge in [0, 0.05) is 11.6 Å². The Labute approximate surface area is 138 Å². The number of halogens is 3. The molecule has 4 nitrogen and oxygen atoms in total. The van der Waals surface area contributed by atoms with E-state index in [2.05, 4.69) is 10.5 Å². The molecule has 0 saturated carbocycles. The third-order valence-corrected chi connectivity index (χ3v) is 4.35. The largest absolute Gasteiger partial charge is 0.426 e. The van der Waals surface area contributed by atoms with Gasteiger partial charge < -0.3 is 9.84 Å². The lowest BCUT2D eigenvalue weighted by Crippen LogP contribution is -2.10. The summed E-state index contributed by atoms with van der Waals surface area (Å²) in [4.78, 5) is 11.3. The highest BCUT2D eigenvalue weighted by molar-refractivity contribution is 7.14. The van der Waals surface area contributed by atoms with Gasteiger partial charge in [-0.15, -0.1) is 11.3 Å². The Balaban J connectivity index is 1.97. The Morgan fingerprint density at radius 1 is 1.21 bits per heavy atom. The first-order valence-corrected chi connectivity index (χ1v) is 7.67. The van der Waals surface area contributed by atoms with Crippen LogP contribution >= 0.6 is 11.3 Å². The molecule has 1 amide bonds. The van der Waals surface area contributed by atoms with Crippen LogP contribution in [0.2, 0.25) is 0 Å². The Bertz CT molecular complexity index is 869. The van der Waals surface area contributed by atoms with Crippen LogP contribution in [-0.4, -0.2) is 11.1 Å². The van der Waals surface area contributed by atoms with Crippen LogP contribution in [0.3, 0.4) is 0 Å². The van der Waals surface area contributed by atoms with Crippen LogP contribution < -0.4 is 5.32 Å². The fourth-order valence-electron chi connectivity index (χ4n) is 2.15. The third kappa shape index (κ3) is 3.33. The number of anilines is 1. The zero-order chi connectivity index (χ0) is 17.3. The number of nitrogens with zero attached hydrogens (tertiary/aromatic N) is 1. The van der Waals surface area contributed by atoms with Crippen molar-refractivity contribution in [1.82, 2.24) is 5.16 Å². The quantitative estimate of drug-likeness (QED) is 0.723. The van der Waals surface area contributed by atoms with Crippen LogP contribution in [0.1, 0.15) is 20.3 Å².